The number of rotatable bonds is 5. The van der Waals surface area contributed by atoms with Crippen LogP contribution in [0.2, 0.25) is 5.02 Å². The molecule has 1 aliphatic carbocycles. The lowest BCUT2D eigenvalue weighted by Crippen LogP contribution is -2.36. The number of hydrogen-bond acceptors (Lipinski definition) is 4. The molecule has 0 aliphatic heterocycles. The molecule has 2 amide bonds. The number of nitrogens with zero attached hydrogens (tertiary/aromatic N) is 1. The zero-order valence-corrected chi connectivity index (χ0v) is 16.7. The van der Waals surface area contributed by atoms with Gasteiger partial charge >= 0.3 is 5.97 Å². The summed E-state index contributed by atoms with van der Waals surface area (Å²) in [5, 5.41) is 15.0. The number of nitrogens with one attached hydrogen (secondary N) is 2. The Morgan fingerprint density at radius 1 is 1.07 bits per heavy atom. The Balaban J connectivity index is 1.75. The number of pyridine rings is 1. The van der Waals surface area contributed by atoms with E-state index in [1.165, 1.54) is 12.1 Å². The summed E-state index contributed by atoms with van der Waals surface area (Å²) in [7, 11) is 0. The zero-order chi connectivity index (χ0) is 21.0. The molecule has 29 heavy (non-hydrogen) atoms. The van der Waals surface area contributed by atoms with Crippen LogP contribution in [0.4, 0.5) is 11.5 Å². The number of carboxylic acids is 1. The van der Waals surface area contributed by atoms with Gasteiger partial charge < -0.3 is 15.7 Å². The summed E-state index contributed by atoms with van der Waals surface area (Å²) >= 11 is 6.17. The molecule has 7 nitrogen and oxygen atoms in total. The lowest BCUT2D eigenvalue weighted by molar-refractivity contribution is -0.147. The van der Waals surface area contributed by atoms with Crippen molar-refractivity contribution in [3.63, 3.8) is 0 Å². The van der Waals surface area contributed by atoms with Gasteiger partial charge in [-0.25, -0.2) is 4.98 Å². The number of carbonyl (C=O) groups is 3. The van der Waals surface area contributed by atoms with Crippen molar-refractivity contribution in [1.82, 2.24) is 4.98 Å². The van der Waals surface area contributed by atoms with Crippen LogP contribution >= 0.6 is 11.6 Å². The van der Waals surface area contributed by atoms with Crippen LogP contribution in [0.1, 0.15) is 41.7 Å². The normalized spacial score (nSPS) is 18.7. The second-order valence-corrected chi connectivity index (χ2v) is 7.55. The minimum atomic E-state index is -0.952. The molecule has 1 fully saturated rings. The van der Waals surface area contributed by atoms with Gasteiger partial charge in [-0.1, -0.05) is 30.5 Å². The molecule has 3 N–H and O–H groups in total. The molecule has 0 unspecified atom stereocenters. The first-order valence-corrected chi connectivity index (χ1v) is 9.81. The van der Waals surface area contributed by atoms with E-state index in [2.05, 4.69) is 15.6 Å². The molecule has 1 heterocycles. The molecule has 2 aromatic rings. The summed E-state index contributed by atoms with van der Waals surface area (Å²) in [6.45, 7) is 1.81. The fraction of sp³-hybridized carbons (Fsp3) is 0.333. The van der Waals surface area contributed by atoms with Gasteiger partial charge in [0, 0.05) is 11.4 Å². The molecule has 0 radical (unpaired) electrons. The van der Waals surface area contributed by atoms with Gasteiger partial charge in [-0.15, -0.1) is 0 Å². The number of aliphatic carboxylic acids is 1. The smallest absolute Gasteiger partial charge is 0.307 e. The predicted molar refractivity (Wildman–Crippen MR) is 110 cm³/mol. The summed E-state index contributed by atoms with van der Waals surface area (Å²) in [6, 6.07) is 9.84. The van der Waals surface area contributed by atoms with Crippen molar-refractivity contribution in [2.24, 2.45) is 11.8 Å². The van der Waals surface area contributed by atoms with Crippen LogP contribution in [0, 0.1) is 18.8 Å². The predicted octanol–water partition coefficient (Wildman–Crippen LogP) is 4.13. The summed E-state index contributed by atoms with van der Waals surface area (Å²) in [5.41, 5.74) is 1.33. The quantitative estimate of drug-likeness (QED) is 0.680. The molecular formula is C21H22ClN3O4. The lowest BCUT2D eigenvalue weighted by atomic mass is 9.78. The van der Waals surface area contributed by atoms with Gasteiger partial charge in [-0.05, 0) is 50.1 Å². The number of carbonyl (C=O) groups excluding carboxylic acids is 2. The van der Waals surface area contributed by atoms with Crippen molar-refractivity contribution in [1.29, 1.82) is 0 Å². The maximum absolute atomic E-state index is 12.7. The molecule has 0 bridgehead atoms. The second kappa shape index (κ2) is 9.05. The van der Waals surface area contributed by atoms with Gasteiger partial charge in [0.25, 0.3) is 5.91 Å². The van der Waals surface area contributed by atoms with Crippen molar-refractivity contribution < 1.29 is 19.5 Å². The van der Waals surface area contributed by atoms with Crippen molar-refractivity contribution in [3.8, 4) is 0 Å². The minimum absolute atomic E-state index is 0.186. The highest BCUT2D eigenvalue weighted by Crippen LogP contribution is 2.31. The minimum Gasteiger partial charge on any atom is -0.481 e. The van der Waals surface area contributed by atoms with Gasteiger partial charge in [0.15, 0.2) is 0 Å². The van der Waals surface area contributed by atoms with E-state index < -0.39 is 23.7 Å². The second-order valence-electron chi connectivity index (χ2n) is 7.14. The third-order valence-electron chi connectivity index (χ3n) is 5.03. The Morgan fingerprint density at radius 2 is 1.79 bits per heavy atom. The van der Waals surface area contributed by atoms with E-state index in [0.29, 0.717) is 24.3 Å². The van der Waals surface area contributed by atoms with Gasteiger partial charge in [-0.2, -0.15) is 0 Å². The van der Waals surface area contributed by atoms with E-state index in [-0.39, 0.29) is 16.5 Å². The monoisotopic (exact) mass is 415 g/mol. The fourth-order valence-corrected chi connectivity index (χ4v) is 3.75. The number of halogens is 1. The highest BCUT2D eigenvalue weighted by molar-refractivity contribution is 6.34. The summed E-state index contributed by atoms with van der Waals surface area (Å²) in [4.78, 5) is 40.9. The number of aryl methyl sites for hydroxylation is 1. The van der Waals surface area contributed by atoms with Crippen LogP contribution in [0.25, 0.3) is 0 Å². The molecule has 3 rings (SSSR count). The number of anilines is 2. The Hall–Kier alpha value is -2.93. The van der Waals surface area contributed by atoms with Crippen molar-refractivity contribution in [3.05, 3.63) is 52.7 Å². The van der Waals surface area contributed by atoms with Gasteiger partial charge in [0.05, 0.1) is 22.4 Å². The summed E-state index contributed by atoms with van der Waals surface area (Å²) < 4.78 is 0. The largest absolute Gasteiger partial charge is 0.481 e. The van der Waals surface area contributed by atoms with Crippen LogP contribution in [-0.4, -0.2) is 27.9 Å². The molecule has 1 aromatic heterocycles. The molecule has 1 aromatic carbocycles. The maximum Gasteiger partial charge on any atom is 0.307 e. The van der Waals surface area contributed by atoms with Gasteiger partial charge in [0.1, 0.15) is 5.82 Å². The lowest BCUT2D eigenvalue weighted by Gasteiger charge is -2.27. The third kappa shape index (κ3) is 5.12. The number of benzene rings is 1. The SMILES string of the molecule is Cc1cccc(NC(=O)c2cc(NC(=O)[C@H]3CCCC[C@H]3C(=O)O)ccc2Cl)n1. The highest BCUT2D eigenvalue weighted by Gasteiger charge is 2.35. The summed E-state index contributed by atoms with van der Waals surface area (Å²) in [6.07, 6.45) is 2.65. The third-order valence-corrected chi connectivity index (χ3v) is 5.36. The standard InChI is InChI=1S/C21H22ClN3O4/c1-12-5-4-8-18(23-12)25-20(27)16-11-13(9-10-17(16)22)24-19(26)14-6-2-3-7-15(14)21(28)29/h4-5,8-11,14-15H,2-3,6-7H2,1H3,(H,24,26)(H,28,29)(H,23,25,27)/t14-,15+/m0/s1. The molecule has 0 saturated heterocycles. The Labute approximate surface area is 173 Å². The average molecular weight is 416 g/mol. The van der Waals surface area contributed by atoms with Crippen LogP contribution < -0.4 is 10.6 Å². The molecule has 8 heteroatoms. The zero-order valence-electron chi connectivity index (χ0n) is 15.9. The van der Waals surface area contributed by atoms with E-state index in [9.17, 15) is 19.5 Å². The van der Waals surface area contributed by atoms with Crippen molar-refractivity contribution in [2.75, 3.05) is 10.6 Å². The average Bonchev–Trinajstić information content (AvgIpc) is 2.69. The van der Waals surface area contributed by atoms with E-state index in [1.54, 1.807) is 18.2 Å². The topological polar surface area (TPSA) is 108 Å². The van der Waals surface area contributed by atoms with E-state index >= 15 is 0 Å². The number of carboxylic acid groups (broad SMARTS) is 1. The van der Waals surface area contributed by atoms with Gasteiger partial charge in [-0.3, -0.25) is 14.4 Å². The van der Waals surface area contributed by atoms with Crippen molar-refractivity contribution >= 4 is 40.9 Å². The molecular weight excluding hydrogens is 394 g/mol. The van der Waals surface area contributed by atoms with Gasteiger partial charge in [0.2, 0.25) is 5.91 Å². The Kier molecular flexibility index (Phi) is 6.49. The first kappa shape index (κ1) is 20.8. The summed E-state index contributed by atoms with van der Waals surface area (Å²) in [5.74, 6) is -2.65. The Morgan fingerprint density at radius 3 is 2.48 bits per heavy atom. The molecule has 1 saturated carbocycles. The van der Waals surface area contributed by atoms with Crippen LogP contribution in [0.5, 0.6) is 0 Å². The number of amides is 2. The number of hydrogen-bond donors (Lipinski definition) is 3. The first-order valence-electron chi connectivity index (χ1n) is 9.43. The van der Waals surface area contributed by atoms with Crippen molar-refractivity contribution in [2.45, 2.75) is 32.6 Å². The molecule has 152 valence electrons. The molecule has 2 atom stereocenters. The van der Waals surface area contributed by atoms with E-state index in [0.717, 1.165) is 18.5 Å². The van der Waals surface area contributed by atoms with Crippen LogP contribution in [0.15, 0.2) is 36.4 Å². The van der Waals surface area contributed by atoms with E-state index in [4.69, 9.17) is 11.6 Å². The fourth-order valence-electron chi connectivity index (χ4n) is 3.55. The molecule has 1 aliphatic rings. The van der Waals surface area contributed by atoms with Crippen LogP contribution in [0.3, 0.4) is 0 Å². The highest BCUT2D eigenvalue weighted by atomic mass is 35.5. The van der Waals surface area contributed by atoms with E-state index in [1.807, 2.05) is 13.0 Å². The van der Waals surface area contributed by atoms with Crippen LogP contribution in [-0.2, 0) is 9.59 Å². The first-order chi connectivity index (χ1) is 13.8. The number of aromatic nitrogens is 1. The molecule has 0 spiro atoms. The Bertz CT molecular complexity index is 947. The maximum atomic E-state index is 12.7.